The van der Waals surface area contributed by atoms with E-state index in [0.29, 0.717) is 0 Å². The third kappa shape index (κ3) is 2.88. The van der Waals surface area contributed by atoms with Crippen LogP contribution in [0.25, 0.3) is 0 Å². The average Bonchev–Trinajstić information content (AvgIpc) is 3.10. The number of amides is 2. The number of fused-ring (bicyclic) bond motifs is 5. The van der Waals surface area contributed by atoms with Crippen molar-refractivity contribution in [2.75, 3.05) is 0 Å². The number of pyridine rings is 1. The Kier molecular flexibility index (Phi) is 4.35. The molecule has 30 heavy (non-hydrogen) atoms. The summed E-state index contributed by atoms with van der Waals surface area (Å²) in [6.07, 6.45) is 3.32. The Morgan fingerprint density at radius 1 is 1.27 bits per heavy atom. The molecule has 2 aliphatic heterocycles. The number of aromatic hydroxyl groups is 1. The quantitative estimate of drug-likeness (QED) is 0.791. The van der Waals surface area contributed by atoms with Crippen molar-refractivity contribution in [3.8, 4) is 5.75 Å². The van der Waals surface area contributed by atoms with E-state index >= 15 is 0 Å². The van der Waals surface area contributed by atoms with Crippen molar-refractivity contribution in [3.05, 3.63) is 63.3 Å². The molecule has 2 aromatic rings. The third-order valence-corrected chi connectivity index (χ3v) is 6.10. The number of benzene rings is 1. The van der Waals surface area contributed by atoms with Gasteiger partial charge in [0.15, 0.2) is 17.7 Å². The van der Waals surface area contributed by atoms with E-state index in [2.05, 4.69) is 5.32 Å². The lowest BCUT2D eigenvalue weighted by Crippen LogP contribution is -2.57. The molecule has 0 spiro atoms. The summed E-state index contributed by atoms with van der Waals surface area (Å²) in [6.45, 7) is 0.102. The first-order valence-corrected chi connectivity index (χ1v) is 9.90. The fourth-order valence-electron chi connectivity index (χ4n) is 4.63. The average molecular weight is 413 g/mol. The van der Waals surface area contributed by atoms with Crippen molar-refractivity contribution in [2.24, 2.45) is 0 Å². The van der Waals surface area contributed by atoms with Gasteiger partial charge in [-0.2, -0.15) is 0 Å². The van der Waals surface area contributed by atoms with E-state index in [4.69, 9.17) is 4.74 Å². The van der Waals surface area contributed by atoms with E-state index in [1.807, 2.05) is 0 Å². The molecule has 1 aromatic carbocycles. The summed E-state index contributed by atoms with van der Waals surface area (Å²) < 4.78 is 21.2. The smallest absolute Gasteiger partial charge is 0.276 e. The zero-order valence-electron chi connectivity index (χ0n) is 16.0. The predicted octanol–water partition coefficient (Wildman–Crippen LogP) is 1.36. The Hall–Kier alpha value is -3.20. The first-order valence-electron chi connectivity index (χ1n) is 9.90. The molecule has 3 heterocycles. The maximum Gasteiger partial charge on any atom is 0.276 e. The molecule has 156 valence electrons. The lowest BCUT2D eigenvalue weighted by atomic mass is 10.1. The highest BCUT2D eigenvalue weighted by atomic mass is 19.1. The molecule has 3 atom stereocenters. The normalized spacial score (nSPS) is 24.4. The molecule has 1 saturated heterocycles. The van der Waals surface area contributed by atoms with Gasteiger partial charge in [-0.3, -0.25) is 14.4 Å². The molecule has 2 bridgehead atoms. The summed E-state index contributed by atoms with van der Waals surface area (Å²) in [4.78, 5) is 39.8. The number of carbonyl (C=O) groups is 2. The highest BCUT2D eigenvalue weighted by Crippen LogP contribution is 2.38. The summed E-state index contributed by atoms with van der Waals surface area (Å²) in [5.41, 5.74) is -1.10. The highest BCUT2D eigenvalue weighted by molar-refractivity contribution is 5.99. The van der Waals surface area contributed by atoms with E-state index < -0.39 is 35.0 Å². The van der Waals surface area contributed by atoms with E-state index in [-0.39, 0.29) is 42.1 Å². The number of aromatic nitrogens is 1. The first kappa shape index (κ1) is 18.8. The molecule has 3 aliphatic rings. The fourth-order valence-corrected chi connectivity index (χ4v) is 4.63. The lowest BCUT2D eigenvalue weighted by Gasteiger charge is -2.44. The van der Waals surface area contributed by atoms with Crippen LogP contribution in [-0.2, 0) is 17.8 Å². The standard InChI is InChI=1S/C21H20FN3O5/c22-15-4-2-1-3-11(15)8-23-20(28)14-9-24-10-16-25(12-5-6-13(7-12)30-16)21(29)17(24)19(27)18(14)26/h1-4,9,12-13,16,27H,5-8,10H2,(H,23,28). The largest absolute Gasteiger partial charge is 0.503 e. The molecule has 2 amide bonds. The summed E-state index contributed by atoms with van der Waals surface area (Å²) in [6, 6.07) is 6.01. The van der Waals surface area contributed by atoms with Gasteiger partial charge in [-0.15, -0.1) is 0 Å². The number of nitrogens with one attached hydrogen (secondary N) is 1. The van der Waals surface area contributed by atoms with Gasteiger partial charge in [-0.25, -0.2) is 4.39 Å². The van der Waals surface area contributed by atoms with Gasteiger partial charge in [0.1, 0.15) is 11.4 Å². The van der Waals surface area contributed by atoms with Crippen LogP contribution >= 0.6 is 0 Å². The molecule has 3 unspecified atom stereocenters. The van der Waals surface area contributed by atoms with Crippen LogP contribution in [0, 0.1) is 5.82 Å². The number of ether oxygens (including phenoxy) is 1. The van der Waals surface area contributed by atoms with Crippen LogP contribution in [-0.4, -0.2) is 44.8 Å². The Morgan fingerprint density at radius 3 is 2.87 bits per heavy atom. The van der Waals surface area contributed by atoms with Crippen LogP contribution in [0.15, 0.2) is 35.3 Å². The summed E-state index contributed by atoms with van der Waals surface area (Å²) in [5, 5.41) is 13.0. The Balaban J connectivity index is 1.45. The summed E-state index contributed by atoms with van der Waals surface area (Å²) >= 11 is 0. The minimum absolute atomic E-state index is 0.0354. The second kappa shape index (κ2) is 6.94. The SMILES string of the molecule is O=C(NCc1ccccc1F)c1cn2c(c(O)c1=O)C(=O)N1C3CCC(C3)OC1C2. The van der Waals surface area contributed by atoms with Crippen molar-refractivity contribution < 1.29 is 23.8 Å². The molecule has 0 radical (unpaired) electrons. The maximum atomic E-state index is 13.8. The van der Waals surface area contributed by atoms with E-state index in [1.54, 1.807) is 11.0 Å². The van der Waals surface area contributed by atoms with E-state index in [1.165, 1.54) is 29.0 Å². The number of rotatable bonds is 3. The number of hydrogen-bond donors (Lipinski definition) is 2. The Bertz CT molecular complexity index is 1110. The van der Waals surface area contributed by atoms with Gasteiger partial charge in [-0.05, 0) is 25.3 Å². The van der Waals surface area contributed by atoms with E-state index in [0.717, 1.165) is 19.3 Å². The van der Waals surface area contributed by atoms with Crippen molar-refractivity contribution in [1.29, 1.82) is 0 Å². The second-order valence-corrected chi connectivity index (χ2v) is 7.89. The zero-order valence-corrected chi connectivity index (χ0v) is 16.0. The first-order chi connectivity index (χ1) is 14.4. The topological polar surface area (TPSA) is 101 Å². The monoisotopic (exact) mass is 413 g/mol. The highest BCUT2D eigenvalue weighted by Gasteiger charge is 2.47. The van der Waals surface area contributed by atoms with Gasteiger partial charge >= 0.3 is 0 Å². The molecule has 1 saturated carbocycles. The maximum absolute atomic E-state index is 13.8. The summed E-state index contributed by atoms with van der Waals surface area (Å²) in [7, 11) is 0. The van der Waals surface area contributed by atoms with Crippen LogP contribution in [0.5, 0.6) is 5.75 Å². The zero-order chi connectivity index (χ0) is 21.0. The molecule has 1 aliphatic carbocycles. The molecule has 1 aromatic heterocycles. The lowest BCUT2D eigenvalue weighted by molar-refractivity contribution is -0.132. The van der Waals surface area contributed by atoms with Gasteiger partial charge in [0.25, 0.3) is 11.8 Å². The minimum Gasteiger partial charge on any atom is -0.503 e. The molecular formula is C21H20FN3O5. The van der Waals surface area contributed by atoms with Crippen molar-refractivity contribution in [2.45, 2.75) is 50.7 Å². The molecule has 5 rings (SSSR count). The Labute approximate surface area is 170 Å². The van der Waals surface area contributed by atoms with Crippen molar-refractivity contribution >= 4 is 11.8 Å². The van der Waals surface area contributed by atoms with Gasteiger partial charge in [0, 0.05) is 24.3 Å². The second-order valence-electron chi connectivity index (χ2n) is 7.89. The summed E-state index contributed by atoms with van der Waals surface area (Å²) in [5.74, 6) is -2.45. The van der Waals surface area contributed by atoms with Crippen LogP contribution in [0.1, 0.15) is 45.7 Å². The number of nitrogens with zero attached hydrogens (tertiary/aromatic N) is 2. The van der Waals surface area contributed by atoms with Crippen molar-refractivity contribution in [1.82, 2.24) is 14.8 Å². The minimum atomic E-state index is -0.929. The van der Waals surface area contributed by atoms with Gasteiger partial charge in [0.05, 0.1) is 12.6 Å². The van der Waals surface area contributed by atoms with E-state index in [9.17, 15) is 23.9 Å². The van der Waals surface area contributed by atoms with Crippen LogP contribution in [0.3, 0.4) is 0 Å². The molecule has 8 nitrogen and oxygen atoms in total. The van der Waals surface area contributed by atoms with Crippen LogP contribution in [0.4, 0.5) is 4.39 Å². The number of halogens is 1. The van der Waals surface area contributed by atoms with Crippen LogP contribution < -0.4 is 10.7 Å². The van der Waals surface area contributed by atoms with Gasteiger partial charge in [0.2, 0.25) is 5.43 Å². The van der Waals surface area contributed by atoms with Gasteiger partial charge < -0.3 is 24.6 Å². The molecule has 9 heteroatoms. The molecule has 2 N–H and O–H groups in total. The molecular weight excluding hydrogens is 393 g/mol. The number of carbonyl (C=O) groups excluding carboxylic acids is 2. The third-order valence-electron chi connectivity index (χ3n) is 6.10. The fraction of sp³-hybridized carbons (Fsp3) is 0.381. The number of hydrogen-bond acceptors (Lipinski definition) is 5. The molecule has 2 fully saturated rings. The van der Waals surface area contributed by atoms with Crippen LogP contribution in [0.2, 0.25) is 0 Å². The Morgan fingerprint density at radius 2 is 2.07 bits per heavy atom. The van der Waals surface area contributed by atoms with Crippen molar-refractivity contribution in [3.63, 3.8) is 0 Å². The predicted molar refractivity (Wildman–Crippen MR) is 102 cm³/mol. The van der Waals surface area contributed by atoms with Gasteiger partial charge in [-0.1, -0.05) is 18.2 Å².